The van der Waals surface area contributed by atoms with E-state index in [0.717, 1.165) is 37.4 Å². The number of anilines is 1. The number of hydrogen-bond donors (Lipinski definition) is 1. The summed E-state index contributed by atoms with van der Waals surface area (Å²) in [6, 6.07) is 9.94. The molecule has 1 aliphatic heterocycles. The van der Waals surface area contributed by atoms with E-state index >= 15 is 0 Å². The van der Waals surface area contributed by atoms with Gasteiger partial charge in [-0.05, 0) is 12.1 Å². The Morgan fingerprint density at radius 1 is 1.30 bits per heavy atom. The molecule has 1 aromatic rings. The Hall–Kier alpha value is -1.61. The lowest BCUT2D eigenvalue weighted by molar-refractivity contribution is 0.0365. The number of β-amino-alcohol motifs (C(OH)–C–C–N with tert-alkyl or cyclic N) is 1. The molecule has 0 bridgehead atoms. The summed E-state index contributed by atoms with van der Waals surface area (Å²) < 4.78 is 4.94. The van der Waals surface area contributed by atoms with E-state index in [4.69, 9.17) is 10.00 Å². The molecule has 1 atom stereocenters. The van der Waals surface area contributed by atoms with Gasteiger partial charge in [-0.3, -0.25) is 4.90 Å². The van der Waals surface area contributed by atoms with E-state index in [0.29, 0.717) is 13.2 Å². The fourth-order valence-corrected chi connectivity index (χ4v) is 2.56. The molecule has 1 saturated heterocycles. The smallest absolute Gasteiger partial charge is 0.101 e. The van der Waals surface area contributed by atoms with Crippen LogP contribution in [-0.4, -0.2) is 62.6 Å². The van der Waals surface area contributed by atoms with Gasteiger partial charge in [-0.25, -0.2) is 0 Å². The number of nitrogens with zero attached hydrogens (tertiary/aromatic N) is 3. The van der Waals surface area contributed by atoms with E-state index in [1.54, 1.807) is 7.11 Å². The highest BCUT2D eigenvalue weighted by atomic mass is 16.5. The SMILES string of the molecule is COCC(O)CN1CCN(c2ccccc2C#N)CC1. The molecule has 0 radical (unpaired) electrons. The second kappa shape index (κ2) is 7.25. The normalized spacial score (nSPS) is 17.8. The van der Waals surface area contributed by atoms with Crippen LogP contribution < -0.4 is 4.90 Å². The molecule has 5 nitrogen and oxygen atoms in total. The largest absolute Gasteiger partial charge is 0.389 e. The third-order valence-electron chi connectivity index (χ3n) is 3.57. The highest BCUT2D eigenvalue weighted by Crippen LogP contribution is 2.20. The first-order valence-corrected chi connectivity index (χ1v) is 6.88. The lowest BCUT2D eigenvalue weighted by Crippen LogP contribution is -2.49. The summed E-state index contributed by atoms with van der Waals surface area (Å²) >= 11 is 0. The number of methoxy groups -OCH3 is 1. The molecule has 0 saturated carbocycles. The number of benzene rings is 1. The van der Waals surface area contributed by atoms with Crippen molar-refractivity contribution in [3.8, 4) is 6.07 Å². The molecule has 5 heteroatoms. The van der Waals surface area contributed by atoms with Crippen LogP contribution in [0, 0.1) is 11.3 Å². The van der Waals surface area contributed by atoms with Crippen molar-refractivity contribution in [3.05, 3.63) is 29.8 Å². The van der Waals surface area contributed by atoms with Crippen LogP contribution in [0.2, 0.25) is 0 Å². The maximum atomic E-state index is 9.74. The molecule has 20 heavy (non-hydrogen) atoms. The number of piperazine rings is 1. The fraction of sp³-hybridized carbons (Fsp3) is 0.533. The molecular weight excluding hydrogens is 254 g/mol. The van der Waals surface area contributed by atoms with Crippen LogP contribution in [-0.2, 0) is 4.74 Å². The topological polar surface area (TPSA) is 59.7 Å². The van der Waals surface area contributed by atoms with Crippen molar-refractivity contribution >= 4 is 5.69 Å². The summed E-state index contributed by atoms with van der Waals surface area (Å²) in [5.41, 5.74) is 1.73. The number of aliphatic hydroxyl groups is 1. The molecule has 1 aromatic carbocycles. The van der Waals surface area contributed by atoms with Crippen LogP contribution in [0.4, 0.5) is 5.69 Å². The van der Waals surface area contributed by atoms with Crippen molar-refractivity contribution < 1.29 is 9.84 Å². The number of hydrogen-bond acceptors (Lipinski definition) is 5. The van der Waals surface area contributed by atoms with Crippen LogP contribution in [0.5, 0.6) is 0 Å². The quantitative estimate of drug-likeness (QED) is 0.856. The average Bonchev–Trinajstić information content (AvgIpc) is 2.48. The maximum absolute atomic E-state index is 9.74. The predicted molar refractivity (Wildman–Crippen MR) is 77.7 cm³/mol. The van der Waals surface area contributed by atoms with Crippen molar-refractivity contribution in [2.24, 2.45) is 0 Å². The number of ether oxygens (including phenoxy) is 1. The van der Waals surface area contributed by atoms with Gasteiger partial charge in [0.2, 0.25) is 0 Å². The van der Waals surface area contributed by atoms with Gasteiger partial charge in [-0.1, -0.05) is 12.1 Å². The van der Waals surface area contributed by atoms with Gasteiger partial charge in [0, 0.05) is 39.8 Å². The monoisotopic (exact) mass is 275 g/mol. The zero-order valence-electron chi connectivity index (χ0n) is 11.8. The minimum Gasteiger partial charge on any atom is -0.389 e. The Bertz CT molecular complexity index is 464. The first-order chi connectivity index (χ1) is 9.74. The summed E-state index contributed by atoms with van der Waals surface area (Å²) in [5, 5.41) is 18.9. The molecule has 0 aromatic heterocycles. The Balaban J connectivity index is 1.90. The number of aliphatic hydroxyl groups excluding tert-OH is 1. The molecule has 108 valence electrons. The zero-order valence-corrected chi connectivity index (χ0v) is 11.8. The van der Waals surface area contributed by atoms with Gasteiger partial charge in [0.1, 0.15) is 6.07 Å². The van der Waals surface area contributed by atoms with Crippen molar-refractivity contribution in [1.82, 2.24) is 4.90 Å². The second-order valence-electron chi connectivity index (χ2n) is 5.03. The molecule has 2 rings (SSSR count). The lowest BCUT2D eigenvalue weighted by atomic mass is 10.1. The van der Waals surface area contributed by atoms with Gasteiger partial charge in [-0.15, -0.1) is 0 Å². The lowest BCUT2D eigenvalue weighted by Gasteiger charge is -2.37. The van der Waals surface area contributed by atoms with Crippen LogP contribution in [0.3, 0.4) is 0 Å². The minimum atomic E-state index is -0.432. The number of nitriles is 1. The van der Waals surface area contributed by atoms with Crippen molar-refractivity contribution in [3.63, 3.8) is 0 Å². The Morgan fingerprint density at radius 3 is 2.65 bits per heavy atom. The third kappa shape index (κ3) is 3.70. The summed E-state index contributed by atoms with van der Waals surface area (Å²) in [5.74, 6) is 0. The van der Waals surface area contributed by atoms with Crippen LogP contribution in [0.15, 0.2) is 24.3 Å². The van der Waals surface area contributed by atoms with Crippen molar-refractivity contribution in [2.45, 2.75) is 6.10 Å². The zero-order chi connectivity index (χ0) is 14.4. The first kappa shape index (κ1) is 14.8. The van der Waals surface area contributed by atoms with Gasteiger partial charge < -0.3 is 14.7 Å². The molecule has 1 heterocycles. The van der Waals surface area contributed by atoms with Crippen molar-refractivity contribution in [2.75, 3.05) is 51.3 Å². The maximum Gasteiger partial charge on any atom is 0.101 e. The molecule has 0 spiro atoms. The Labute approximate surface area is 120 Å². The molecule has 1 aliphatic rings. The standard InChI is InChI=1S/C15H21N3O2/c1-20-12-14(19)11-17-6-8-18(9-7-17)15-5-3-2-4-13(15)10-16/h2-5,14,19H,6-9,11-12H2,1H3. The summed E-state index contributed by atoms with van der Waals surface area (Å²) in [6.07, 6.45) is -0.432. The molecule has 1 unspecified atom stereocenters. The predicted octanol–water partition coefficient (Wildman–Crippen LogP) is 0.688. The van der Waals surface area contributed by atoms with E-state index in [1.807, 2.05) is 24.3 Å². The highest BCUT2D eigenvalue weighted by molar-refractivity contribution is 5.59. The summed E-state index contributed by atoms with van der Waals surface area (Å²) in [4.78, 5) is 4.47. The second-order valence-corrected chi connectivity index (χ2v) is 5.03. The van der Waals surface area contributed by atoms with E-state index in [9.17, 15) is 5.11 Å². The minimum absolute atomic E-state index is 0.373. The van der Waals surface area contributed by atoms with E-state index in [2.05, 4.69) is 15.9 Å². The molecule has 1 N–H and O–H groups in total. The highest BCUT2D eigenvalue weighted by Gasteiger charge is 2.20. The van der Waals surface area contributed by atoms with E-state index in [-0.39, 0.29) is 0 Å². The molecular formula is C15H21N3O2. The number of para-hydroxylation sites is 1. The Morgan fingerprint density at radius 2 is 2.00 bits per heavy atom. The van der Waals surface area contributed by atoms with Crippen LogP contribution in [0.1, 0.15) is 5.56 Å². The van der Waals surface area contributed by atoms with Gasteiger partial charge in [0.15, 0.2) is 0 Å². The Kier molecular flexibility index (Phi) is 5.36. The van der Waals surface area contributed by atoms with Gasteiger partial charge in [0.25, 0.3) is 0 Å². The summed E-state index contributed by atoms with van der Waals surface area (Å²) in [7, 11) is 1.60. The molecule has 0 amide bonds. The van der Waals surface area contributed by atoms with Crippen LogP contribution in [0.25, 0.3) is 0 Å². The van der Waals surface area contributed by atoms with Crippen molar-refractivity contribution in [1.29, 1.82) is 5.26 Å². The first-order valence-electron chi connectivity index (χ1n) is 6.88. The van der Waals surface area contributed by atoms with E-state index in [1.165, 1.54) is 0 Å². The molecule has 0 aliphatic carbocycles. The van der Waals surface area contributed by atoms with Gasteiger partial charge >= 0.3 is 0 Å². The number of rotatable bonds is 5. The third-order valence-corrected chi connectivity index (χ3v) is 3.57. The van der Waals surface area contributed by atoms with E-state index < -0.39 is 6.10 Å². The fourth-order valence-electron chi connectivity index (χ4n) is 2.56. The van der Waals surface area contributed by atoms with Crippen LogP contribution >= 0.6 is 0 Å². The average molecular weight is 275 g/mol. The summed E-state index contributed by atoms with van der Waals surface area (Å²) in [6.45, 7) is 4.54. The van der Waals surface area contributed by atoms with Gasteiger partial charge in [-0.2, -0.15) is 5.26 Å². The molecule has 1 fully saturated rings. The van der Waals surface area contributed by atoms with Gasteiger partial charge in [0.05, 0.1) is 24.0 Å².